The number of rotatable bonds is 4. The first kappa shape index (κ1) is 20.1. The fraction of sp³-hybridized carbons (Fsp3) is 0.130. The number of nitrogens with one attached hydrogen (secondary N) is 2. The summed E-state index contributed by atoms with van der Waals surface area (Å²) in [5.41, 5.74) is 5.55. The Morgan fingerprint density at radius 1 is 0.750 bits per heavy atom. The molecule has 0 aromatic heterocycles. The number of hydrogen-bond acceptors (Lipinski definition) is 2. The molecule has 0 aliphatic rings. The molecule has 2 N–H and O–H groups in total. The van der Waals surface area contributed by atoms with Gasteiger partial charge in [-0.1, -0.05) is 24.3 Å². The standard InChI is InChI=1S/C23H21IN2O2/c1-14-9-11-18(12-16(14)3)25-23(28)19-6-4-5-7-21(19)26-22(27)17-10-8-15(2)20(24)13-17/h4-13H,1-3H3,(H,25,28)(H,26,27). The van der Waals surface area contributed by atoms with Gasteiger partial charge in [-0.05, 0) is 96.5 Å². The third-order valence-corrected chi connectivity index (χ3v) is 5.78. The maximum Gasteiger partial charge on any atom is 0.257 e. The van der Waals surface area contributed by atoms with Gasteiger partial charge in [0.05, 0.1) is 11.3 Å². The van der Waals surface area contributed by atoms with E-state index in [-0.39, 0.29) is 11.8 Å². The highest BCUT2D eigenvalue weighted by Crippen LogP contribution is 2.21. The number of halogens is 1. The number of amides is 2. The summed E-state index contributed by atoms with van der Waals surface area (Å²) in [6.07, 6.45) is 0. The molecule has 2 amide bonds. The Morgan fingerprint density at radius 2 is 1.46 bits per heavy atom. The second kappa shape index (κ2) is 8.56. The lowest BCUT2D eigenvalue weighted by atomic mass is 10.1. The predicted octanol–water partition coefficient (Wildman–Crippen LogP) is 5.72. The minimum atomic E-state index is -0.266. The lowest BCUT2D eigenvalue weighted by molar-refractivity contribution is 0.102. The number of benzene rings is 3. The number of hydrogen-bond donors (Lipinski definition) is 2. The number of para-hydroxylation sites is 1. The van der Waals surface area contributed by atoms with Crippen molar-refractivity contribution in [1.82, 2.24) is 0 Å². The SMILES string of the molecule is Cc1ccc(NC(=O)c2ccccc2NC(=O)c2ccc(C)c(I)c2)cc1C. The maximum atomic E-state index is 12.8. The average molecular weight is 484 g/mol. The molecule has 0 spiro atoms. The first-order chi connectivity index (χ1) is 13.3. The van der Waals surface area contributed by atoms with E-state index in [9.17, 15) is 9.59 Å². The molecule has 3 aromatic carbocycles. The summed E-state index contributed by atoms with van der Waals surface area (Å²) in [5, 5.41) is 5.76. The zero-order chi connectivity index (χ0) is 20.3. The molecular formula is C23H21IN2O2. The molecule has 4 nitrogen and oxygen atoms in total. The van der Waals surface area contributed by atoms with Crippen LogP contribution in [0, 0.1) is 24.3 Å². The van der Waals surface area contributed by atoms with E-state index in [1.165, 1.54) is 5.56 Å². The first-order valence-electron chi connectivity index (χ1n) is 8.90. The Hall–Kier alpha value is -2.67. The summed E-state index contributed by atoms with van der Waals surface area (Å²) in [5.74, 6) is -0.512. The Balaban J connectivity index is 1.82. The van der Waals surface area contributed by atoms with Crippen LogP contribution in [0.3, 0.4) is 0 Å². The van der Waals surface area contributed by atoms with Crippen molar-refractivity contribution in [1.29, 1.82) is 0 Å². The van der Waals surface area contributed by atoms with E-state index >= 15 is 0 Å². The summed E-state index contributed by atoms with van der Waals surface area (Å²) in [6.45, 7) is 6.02. The molecule has 0 radical (unpaired) electrons. The van der Waals surface area contributed by atoms with Gasteiger partial charge in [0.1, 0.15) is 0 Å². The fourth-order valence-electron chi connectivity index (χ4n) is 2.74. The van der Waals surface area contributed by atoms with Crippen LogP contribution in [0.25, 0.3) is 0 Å². The van der Waals surface area contributed by atoms with Crippen LogP contribution in [0.4, 0.5) is 11.4 Å². The van der Waals surface area contributed by atoms with Crippen molar-refractivity contribution >= 4 is 45.8 Å². The Kier molecular flexibility index (Phi) is 6.14. The molecule has 142 valence electrons. The predicted molar refractivity (Wildman–Crippen MR) is 122 cm³/mol. The molecule has 0 aliphatic heterocycles. The van der Waals surface area contributed by atoms with E-state index in [1.54, 1.807) is 30.3 Å². The van der Waals surface area contributed by atoms with E-state index in [0.29, 0.717) is 16.8 Å². The molecule has 0 fully saturated rings. The Labute approximate surface area is 178 Å². The summed E-state index contributed by atoms with van der Waals surface area (Å²) in [6, 6.07) is 18.3. The van der Waals surface area contributed by atoms with E-state index in [0.717, 1.165) is 20.4 Å². The lowest BCUT2D eigenvalue weighted by Gasteiger charge is -2.13. The molecule has 28 heavy (non-hydrogen) atoms. The zero-order valence-corrected chi connectivity index (χ0v) is 18.1. The summed E-state index contributed by atoms with van der Waals surface area (Å²) in [7, 11) is 0. The van der Waals surface area contributed by atoms with Crippen molar-refractivity contribution in [2.75, 3.05) is 10.6 Å². The number of aryl methyl sites for hydroxylation is 3. The minimum Gasteiger partial charge on any atom is -0.322 e. The van der Waals surface area contributed by atoms with E-state index in [2.05, 4.69) is 33.2 Å². The van der Waals surface area contributed by atoms with Gasteiger partial charge >= 0.3 is 0 Å². The molecular weight excluding hydrogens is 463 g/mol. The van der Waals surface area contributed by atoms with Gasteiger partial charge in [0.15, 0.2) is 0 Å². The number of carbonyl (C=O) groups excluding carboxylic acids is 2. The molecule has 5 heteroatoms. The molecule has 0 bridgehead atoms. The maximum absolute atomic E-state index is 12.8. The smallest absolute Gasteiger partial charge is 0.257 e. The Morgan fingerprint density at radius 3 is 2.18 bits per heavy atom. The average Bonchev–Trinajstić information content (AvgIpc) is 2.67. The normalized spacial score (nSPS) is 10.4. The van der Waals surface area contributed by atoms with Gasteiger partial charge in [0.2, 0.25) is 0 Å². The number of carbonyl (C=O) groups is 2. The van der Waals surface area contributed by atoms with E-state index < -0.39 is 0 Å². The van der Waals surface area contributed by atoms with E-state index in [4.69, 9.17) is 0 Å². The van der Waals surface area contributed by atoms with Gasteiger partial charge in [0.25, 0.3) is 11.8 Å². The van der Waals surface area contributed by atoms with Gasteiger partial charge in [0, 0.05) is 14.8 Å². The second-order valence-electron chi connectivity index (χ2n) is 6.72. The van der Waals surface area contributed by atoms with Crippen LogP contribution in [0.1, 0.15) is 37.4 Å². The molecule has 0 saturated carbocycles. The van der Waals surface area contributed by atoms with Crippen LogP contribution in [-0.4, -0.2) is 11.8 Å². The van der Waals surface area contributed by atoms with Crippen LogP contribution >= 0.6 is 22.6 Å². The third-order valence-electron chi connectivity index (χ3n) is 4.62. The summed E-state index contributed by atoms with van der Waals surface area (Å²) in [4.78, 5) is 25.4. The first-order valence-corrected chi connectivity index (χ1v) is 9.98. The molecule has 3 rings (SSSR count). The molecule has 0 unspecified atom stereocenters. The van der Waals surface area contributed by atoms with Gasteiger partial charge in [-0.25, -0.2) is 0 Å². The summed E-state index contributed by atoms with van der Waals surface area (Å²) >= 11 is 2.20. The van der Waals surface area contributed by atoms with Crippen LogP contribution in [0.15, 0.2) is 60.7 Å². The minimum absolute atomic E-state index is 0.246. The van der Waals surface area contributed by atoms with Crippen LogP contribution in [0.2, 0.25) is 0 Å². The fourth-order valence-corrected chi connectivity index (χ4v) is 3.25. The molecule has 0 atom stereocenters. The summed E-state index contributed by atoms with van der Waals surface area (Å²) < 4.78 is 1.02. The van der Waals surface area contributed by atoms with Crippen molar-refractivity contribution in [3.05, 3.63) is 92.1 Å². The highest BCUT2D eigenvalue weighted by Gasteiger charge is 2.15. The van der Waals surface area contributed by atoms with Gasteiger partial charge in [-0.15, -0.1) is 0 Å². The van der Waals surface area contributed by atoms with Crippen molar-refractivity contribution in [3.63, 3.8) is 0 Å². The topological polar surface area (TPSA) is 58.2 Å². The molecule has 0 saturated heterocycles. The zero-order valence-electron chi connectivity index (χ0n) is 16.0. The molecule has 0 aliphatic carbocycles. The highest BCUT2D eigenvalue weighted by atomic mass is 127. The Bertz CT molecular complexity index is 1060. The van der Waals surface area contributed by atoms with Gasteiger partial charge in [-0.3, -0.25) is 9.59 Å². The highest BCUT2D eigenvalue weighted by molar-refractivity contribution is 14.1. The largest absolute Gasteiger partial charge is 0.322 e. The second-order valence-corrected chi connectivity index (χ2v) is 7.88. The number of anilines is 2. The van der Waals surface area contributed by atoms with Crippen molar-refractivity contribution in [2.24, 2.45) is 0 Å². The van der Waals surface area contributed by atoms with Crippen molar-refractivity contribution in [3.8, 4) is 0 Å². The molecule has 3 aromatic rings. The lowest BCUT2D eigenvalue weighted by Crippen LogP contribution is -2.18. The van der Waals surface area contributed by atoms with Gasteiger partial charge < -0.3 is 10.6 Å². The molecule has 0 heterocycles. The quantitative estimate of drug-likeness (QED) is 0.466. The van der Waals surface area contributed by atoms with Crippen LogP contribution < -0.4 is 10.6 Å². The van der Waals surface area contributed by atoms with E-state index in [1.807, 2.05) is 51.1 Å². The van der Waals surface area contributed by atoms with Crippen molar-refractivity contribution < 1.29 is 9.59 Å². The van der Waals surface area contributed by atoms with Crippen LogP contribution in [0.5, 0.6) is 0 Å². The monoisotopic (exact) mass is 484 g/mol. The third kappa shape index (κ3) is 4.59. The van der Waals surface area contributed by atoms with Crippen LogP contribution in [-0.2, 0) is 0 Å². The van der Waals surface area contributed by atoms with Gasteiger partial charge in [-0.2, -0.15) is 0 Å². The van der Waals surface area contributed by atoms with Crippen molar-refractivity contribution in [2.45, 2.75) is 20.8 Å².